The van der Waals surface area contributed by atoms with Crippen LogP contribution in [-0.4, -0.2) is 46.7 Å². The van der Waals surface area contributed by atoms with Gasteiger partial charge in [-0.25, -0.2) is 9.59 Å². The van der Waals surface area contributed by atoms with Crippen LogP contribution in [-0.2, 0) is 42.0 Å². The van der Waals surface area contributed by atoms with Gasteiger partial charge in [0, 0.05) is 6.04 Å². The maximum absolute atomic E-state index is 12.1. The fraction of sp³-hybridized carbons (Fsp3) is 0.318. The zero-order valence-corrected chi connectivity index (χ0v) is 16.8. The first-order chi connectivity index (χ1) is 15.0. The van der Waals surface area contributed by atoms with E-state index in [0.29, 0.717) is 18.6 Å². The van der Waals surface area contributed by atoms with Gasteiger partial charge < -0.3 is 14.7 Å². The number of hydrogen-bond acceptors (Lipinski definition) is 8. The molecule has 0 bridgehead atoms. The summed E-state index contributed by atoms with van der Waals surface area (Å²) in [5.74, 6) is -3.61. The normalized spacial score (nSPS) is 18.8. The van der Waals surface area contributed by atoms with E-state index in [1.165, 1.54) is 0 Å². The number of piperidine rings is 1. The molecule has 2 N–H and O–H groups in total. The van der Waals surface area contributed by atoms with Crippen molar-refractivity contribution in [2.75, 3.05) is 6.54 Å². The Morgan fingerprint density at radius 3 is 2.13 bits per heavy atom. The standard InChI is InChI=1S/C22H24N2O7/c25-20(26)19-12-11-18(23-30-15-17-9-5-2-6-10-17)13-24(19)31-22(28)21(27)29-14-16-7-3-1-4-8-16/h1-10,18-19,23H,11-15H2,(H,25,26). The number of carbonyl (C=O) groups excluding carboxylic acids is 2. The summed E-state index contributed by atoms with van der Waals surface area (Å²) in [5.41, 5.74) is 4.55. The number of carbonyl (C=O) groups is 3. The van der Waals surface area contributed by atoms with E-state index in [1.807, 2.05) is 36.4 Å². The number of aliphatic carboxylic acids is 1. The lowest BCUT2D eigenvalue weighted by Gasteiger charge is -2.35. The molecule has 164 valence electrons. The predicted molar refractivity (Wildman–Crippen MR) is 108 cm³/mol. The van der Waals surface area contributed by atoms with Crippen LogP contribution in [0.5, 0.6) is 0 Å². The number of nitrogens with zero attached hydrogens (tertiary/aromatic N) is 1. The maximum atomic E-state index is 12.1. The monoisotopic (exact) mass is 428 g/mol. The Hall–Kier alpha value is -3.27. The highest BCUT2D eigenvalue weighted by molar-refractivity contribution is 6.29. The number of esters is 1. The fourth-order valence-corrected chi connectivity index (χ4v) is 3.13. The van der Waals surface area contributed by atoms with E-state index in [-0.39, 0.29) is 25.6 Å². The molecule has 0 aromatic heterocycles. The number of rotatable bonds is 8. The van der Waals surface area contributed by atoms with E-state index in [9.17, 15) is 19.5 Å². The van der Waals surface area contributed by atoms with Crippen molar-refractivity contribution in [1.82, 2.24) is 10.5 Å². The number of benzene rings is 2. The minimum Gasteiger partial charge on any atom is -0.480 e. The molecule has 2 unspecified atom stereocenters. The van der Waals surface area contributed by atoms with Crippen molar-refractivity contribution in [2.24, 2.45) is 0 Å². The summed E-state index contributed by atoms with van der Waals surface area (Å²) >= 11 is 0. The molecule has 1 aliphatic rings. The molecule has 1 heterocycles. The summed E-state index contributed by atoms with van der Waals surface area (Å²) < 4.78 is 4.94. The average Bonchev–Trinajstić information content (AvgIpc) is 2.79. The van der Waals surface area contributed by atoms with Crippen LogP contribution in [0.1, 0.15) is 24.0 Å². The van der Waals surface area contributed by atoms with E-state index in [0.717, 1.165) is 10.6 Å². The van der Waals surface area contributed by atoms with Crippen molar-refractivity contribution in [2.45, 2.75) is 38.1 Å². The molecular weight excluding hydrogens is 404 g/mol. The van der Waals surface area contributed by atoms with Gasteiger partial charge in [-0.15, -0.1) is 5.06 Å². The minimum atomic E-state index is -1.27. The first kappa shape index (κ1) is 22.4. The highest BCUT2D eigenvalue weighted by atomic mass is 16.7. The van der Waals surface area contributed by atoms with Crippen molar-refractivity contribution < 1.29 is 33.9 Å². The lowest BCUT2D eigenvalue weighted by atomic mass is 10.0. The SMILES string of the molecule is O=C(OCc1ccccc1)C(=O)ON1CC(NOCc2ccccc2)CCC1C(=O)O. The number of carboxylic acid groups (broad SMARTS) is 1. The fourth-order valence-electron chi connectivity index (χ4n) is 3.13. The lowest BCUT2D eigenvalue weighted by molar-refractivity contribution is -0.222. The van der Waals surface area contributed by atoms with Crippen LogP contribution in [0.4, 0.5) is 0 Å². The van der Waals surface area contributed by atoms with Gasteiger partial charge >= 0.3 is 17.9 Å². The second-order valence-corrected chi connectivity index (χ2v) is 7.06. The summed E-state index contributed by atoms with van der Waals surface area (Å²) in [7, 11) is 0. The van der Waals surface area contributed by atoms with Gasteiger partial charge in [-0.3, -0.25) is 9.63 Å². The molecule has 2 aromatic rings. The summed E-state index contributed by atoms with van der Waals surface area (Å²) in [6.07, 6.45) is 0.715. The molecule has 0 spiro atoms. The molecule has 2 atom stereocenters. The van der Waals surface area contributed by atoms with E-state index in [2.05, 4.69) is 5.48 Å². The third-order valence-electron chi connectivity index (χ3n) is 4.73. The molecule has 1 saturated heterocycles. The Labute approximate surface area is 179 Å². The number of ether oxygens (including phenoxy) is 1. The van der Waals surface area contributed by atoms with Gasteiger partial charge in [0.15, 0.2) is 0 Å². The Morgan fingerprint density at radius 2 is 1.52 bits per heavy atom. The van der Waals surface area contributed by atoms with Crippen molar-refractivity contribution in [3.63, 3.8) is 0 Å². The molecule has 31 heavy (non-hydrogen) atoms. The third-order valence-corrected chi connectivity index (χ3v) is 4.73. The average molecular weight is 428 g/mol. The molecule has 0 aliphatic carbocycles. The second-order valence-electron chi connectivity index (χ2n) is 7.06. The zero-order chi connectivity index (χ0) is 22.1. The topological polar surface area (TPSA) is 114 Å². The van der Waals surface area contributed by atoms with Crippen LogP contribution in [0.25, 0.3) is 0 Å². The van der Waals surface area contributed by atoms with E-state index in [1.54, 1.807) is 24.3 Å². The van der Waals surface area contributed by atoms with Crippen LogP contribution in [0.15, 0.2) is 60.7 Å². The molecule has 2 aromatic carbocycles. The van der Waals surface area contributed by atoms with Gasteiger partial charge in [-0.1, -0.05) is 60.7 Å². The summed E-state index contributed by atoms with van der Waals surface area (Å²) in [4.78, 5) is 46.2. The number of hydrogen-bond donors (Lipinski definition) is 2. The Morgan fingerprint density at radius 1 is 0.903 bits per heavy atom. The maximum Gasteiger partial charge on any atom is 0.436 e. The quantitative estimate of drug-likeness (QED) is 0.369. The van der Waals surface area contributed by atoms with Crippen LogP contribution >= 0.6 is 0 Å². The van der Waals surface area contributed by atoms with Gasteiger partial charge in [0.25, 0.3) is 0 Å². The summed E-state index contributed by atoms with van der Waals surface area (Å²) in [6.45, 7) is 0.281. The van der Waals surface area contributed by atoms with Gasteiger partial charge in [-0.2, -0.15) is 5.48 Å². The number of nitrogens with one attached hydrogen (secondary N) is 1. The number of hydroxylamine groups is 3. The zero-order valence-electron chi connectivity index (χ0n) is 16.8. The van der Waals surface area contributed by atoms with Crippen LogP contribution < -0.4 is 5.48 Å². The minimum absolute atomic E-state index is 0.0451. The van der Waals surface area contributed by atoms with Crippen molar-refractivity contribution in [3.05, 3.63) is 71.8 Å². The molecule has 1 fully saturated rings. The molecule has 9 nitrogen and oxygen atoms in total. The highest BCUT2D eigenvalue weighted by Gasteiger charge is 2.37. The van der Waals surface area contributed by atoms with E-state index < -0.39 is 23.9 Å². The number of carboxylic acids is 1. The smallest absolute Gasteiger partial charge is 0.436 e. The highest BCUT2D eigenvalue weighted by Crippen LogP contribution is 2.19. The molecule has 1 aliphatic heterocycles. The molecular formula is C22H24N2O7. The van der Waals surface area contributed by atoms with Crippen LogP contribution in [0.2, 0.25) is 0 Å². The summed E-state index contributed by atoms with van der Waals surface area (Å²) in [5, 5.41) is 10.4. The van der Waals surface area contributed by atoms with Crippen molar-refractivity contribution in [1.29, 1.82) is 0 Å². The Bertz CT molecular complexity index is 876. The third kappa shape index (κ3) is 6.88. The Kier molecular flexibility index (Phi) is 8.11. The molecule has 0 saturated carbocycles. The first-order valence-electron chi connectivity index (χ1n) is 9.86. The molecule has 0 amide bonds. The van der Waals surface area contributed by atoms with Crippen LogP contribution in [0, 0.1) is 0 Å². The van der Waals surface area contributed by atoms with Crippen molar-refractivity contribution >= 4 is 17.9 Å². The second kappa shape index (κ2) is 11.2. The summed E-state index contributed by atoms with van der Waals surface area (Å²) in [6, 6.07) is 17.0. The van der Waals surface area contributed by atoms with Gasteiger partial charge in [0.05, 0.1) is 13.2 Å². The van der Waals surface area contributed by atoms with Crippen molar-refractivity contribution in [3.8, 4) is 0 Å². The first-order valence-corrected chi connectivity index (χ1v) is 9.86. The van der Waals surface area contributed by atoms with Gasteiger partial charge in [0.1, 0.15) is 12.6 Å². The molecule has 3 rings (SSSR count). The predicted octanol–water partition coefficient (Wildman–Crippen LogP) is 1.83. The molecule has 9 heteroatoms. The van der Waals surface area contributed by atoms with Crippen LogP contribution in [0.3, 0.4) is 0 Å². The molecule has 0 radical (unpaired) electrons. The lowest BCUT2D eigenvalue weighted by Crippen LogP contribution is -2.54. The largest absolute Gasteiger partial charge is 0.480 e. The van der Waals surface area contributed by atoms with E-state index >= 15 is 0 Å². The van der Waals surface area contributed by atoms with E-state index in [4.69, 9.17) is 14.4 Å². The van der Waals surface area contributed by atoms with Gasteiger partial charge in [0.2, 0.25) is 0 Å². The van der Waals surface area contributed by atoms with Gasteiger partial charge in [-0.05, 0) is 24.0 Å². The Balaban J connectivity index is 1.50.